The van der Waals surface area contributed by atoms with Gasteiger partial charge in [-0.2, -0.15) is 0 Å². The first-order valence-electron chi connectivity index (χ1n) is 5.67. The van der Waals surface area contributed by atoms with Gasteiger partial charge in [-0.25, -0.2) is 9.97 Å². The van der Waals surface area contributed by atoms with Crippen molar-refractivity contribution in [2.75, 3.05) is 5.73 Å². The van der Waals surface area contributed by atoms with Crippen LogP contribution < -0.4 is 10.5 Å². The molecule has 4 nitrogen and oxygen atoms in total. The van der Waals surface area contributed by atoms with Gasteiger partial charge in [0, 0.05) is 11.8 Å². The van der Waals surface area contributed by atoms with Gasteiger partial charge in [-0.3, -0.25) is 0 Å². The maximum atomic E-state index is 5.74. The summed E-state index contributed by atoms with van der Waals surface area (Å²) in [6.45, 7) is 0. The molecule has 0 aliphatic heterocycles. The van der Waals surface area contributed by atoms with Crippen LogP contribution >= 0.6 is 0 Å². The molecule has 0 spiro atoms. The van der Waals surface area contributed by atoms with E-state index in [1.807, 2.05) is 30.3 Å². The van der Waals surface area contributed by atoms with Crippen molar-refractivity contribution < 1.29 is 4.74 Å². The van der Waals surface area contributed by atoms with Crippen molar-refractivity contribution in [2.45, 2.75) is 18.9 Å². The van der Waals surface area contributed by atoms with Crippen LogP contribution in [0.2, 0.25) is 0 Å². The van der Waals surface area contributed by atoms with Gasteiger partial charge in [0.25, 0.3) is 0 Å². The fraction of sp³-hybridized carbons (Fsp3) is 0.231. The van der Waals surface area contributed by atoms with Gasteiger partial charge in [0.2, 0.25) is 5.95 Å². The Morgan fingerprint density at radius 1 is 1.24 bits per heavy atom. The standard InChI is InChI=1S/C13H13N3O/c14-13-15-7-6-12(16-13)9-2-1-3-11(8-9)17-10-4-5-10/h1-3,6-8,10H,4-5H2,(H2,14,15,16). The average Bonchev–Trinajstić information content (AvgIpc) is 3.13. The van der Waals surface area contributed by atoms with Crippen LogP contribution in [0.3, 0.4) is 0 Å². The van der Waals surface area contributed by atoms with Crippen LogP contribution in [0.5, 0.6) is 5.75 Å². The Morgan fingerprint density at radius 3 is 2.88 bits per heavy atom. The fourth-order valence-electron chi connectivity index (χ4n) is 1.64. The van der Waals surface area contributed by atoms with Gasteiger partial charge in [-0.1, -0.05) is 12.1 Å². The first kappa shape index (κ1) is 10.1. The molecule has 1 saturated carbocycles. The van der Waals surface area contributed by atoms with E-state index < -0.39 is 0 Å². The van der Waals surface area contributed by atoms with Crippen molar-refractivity contribution in [3.05, 3.63) is 36.5 Å². The third-order valence-corrected chi connectivity index (χ3v) is 2.63. The average molecular weight is 227 g/mol. The molecule has 0 radical (unpaired) electrons. The highest BCUT2D eigenvalue weighted by molar-refractivity contribution is 5.61. The molecule has 1 aliphatic rings. The van der Waals surface area contributed by atoms with E-state index in [4.69, 9.17) is 10.5 Å². The Labute approximate surface area is 99.5 Å². The zero-order valence-corrected chi connectivity index (χ0v) is 9.34. The lowest BCUT2D eigenvalue weighted by atomic mass is 10.1. The Balaban J connectivity index is 1.91. The maximum Gasteiger partial charge on any atom is 0.220 e. The number of ether oxygens (including phenoxy) is 1. The second-order valence-corrected chi connectivity index (χ2v) is 4.15. The zero-order chi connectivity index (χ0) is 11.7. The molecule has 1 heterocycles. The SMILES string of the molecule is Nc1nccc(-c2cccc(OC3CC3)c2)n1. The molecule has 4 heteroatoms. The molecule has 2 aromatic rings. The molecule has 2 N–H and O–H groups in total. The van der Waals surface area contributed by atoms with Crippen molar-refractivity contribution in [3.63, 3.8) is 0 Å². The molecular formula is C13H13N3O. The van der Waals surface area contributed by atoms with Gasteiger partial charge in [0.15, 0.2) is 0 Å². The monoisotopic (exact) mass is 227 g/mol. The molecule has 0 saturated heterocycles. The molecule has 0 atom stereocenters. The molecule has 1 aromatic carbocycles. The van der Waals surface area contributed by atoms with Gasteiger partial charge in [0.05, 0.1) is 11.8 Å². The number of hydrogen-bond acceptors (Lipinski definition) is 4. The molecule has 1 aliphatic carbocycles. The molecule has 1 aromatic heterocycles. The van der Waals surface area contributed by atoms with Crippen molar-refractivity contribution in [1.29, 1.82) is 0 Å². The van der Waals surface area contributed by atoms with Gasteiger partial charge in [-0.15, -0.1) is 0 Å². The van der Waals surface area contributed by atoms with Crippen LogP contribution in [0.4, 0.5) is 5.95 Å². The lowest BCUT2D eigenvalue weighted by Gasteiger charge is -2.06. The summed E-state index contributed by atoms with van der Waals surface area (Å²) in [5, 5.41) is 0. The van der Waals surface area contributed by atoms with Gasteiger partial charge in [0.1, 0.15) is 5.75 Å². The maximum absolute atomic E-state index is 5.74. The van der Waals surface area contributed by atoms with Crippen LogP contribution in [0.25, 0.3) is 11.3 Å². The number of anilines is 1. The summed E-state index contributed by atoms with van der Waals surface area (Å²) in [4.78, 5) is 8.07. The van der Waals surface area contributed by atoms with E-state index in [0.29, 0.717) is 6.10 Å². The van der Waals surface area contributed by atoms with E-state index in [1.165, 1.54) is 0 Å². The predicted molar refractivity (Wildman–Crippen MR) is 65.5 cm³/mol. The number of aromatic nitrogens is 2. The minimum Gasteiger partial charge on any atom is -0.490 e. The van der Waals surface area contributed by atoms with Crippen LogP contribution in [-0.2, 0) is 0 Å². The Hall–Kier alpha value is -2.10. The number of nitrogen functional groups attached to an aromatic ring is 1. The van der Waals surface area contributed by atoms with Crippen molar-refractivity contribution in [1.82, 2.24) is 9.97 Å². The molecule has 3 rings (SSSR count). The van der Waals surface area contributed by atoms with E-state index >= 15 is 0 Å². The first-order valence-corrected chi connectivity index (χ1v) is 5.67. The summed E-state index contributed by atoms with van der Waals surface area (Å²) in [6.07, 6.45) is 4.38. The van der Waals surface area contributed by atoms with Gasteiger partial charge >= 0.3 is 0 Å². The number of nitrogens with two attached hydrogens (primary N) is 1. The molecule has 86 valence electrons. The molecule has 17 heavy (non-hydrogen) atoms. The highest BCUT2D eigenvalue weighted by Crippen LogP contribution is 2.29. The molecule has 1 fully saturated rings. The number of hydrogen-bond donors (Lipinski definition) is 1. The van der Waals surface area contributed by atoms with Crippen molar-refractivity contribution >= 4 is 5.95 Å². The molecular weight excluding hydrogens is 214 g/mol. The smallest absolute Gasteiger partial charge is 0.220 e. The molecule has 0 bridgehead atoms. The number of benzene rings is 1. The van der Waals surface area contributed by atoms with E-state index in [0.717, 1.165) is 29.8 Å². The summed E-state index contributed by atoms with van der Waals surface area (Å²) < 4.78 is 5.74. The number of rotatable bonds is 3. The normalized spacial score (nSPS) is 14.6. The Morgan fingerprint density at radius 2 is 2.12 bits per heavy atom. The zero-order valence-electron chi connectivity index (χ0n) is 9.34. The van der Waals surface area contributed by atoms with E-state index in [-0.39, 0.29) is 5.95 Å². The van der Waals surface area contributed by atoms with Gasteiger partial charge < -0.3 is 10.5 Å². The van der Waals surface area contributed by atoms with E-state index in [1.54, 1.807) is 6.20 Å². The molecule has 0 amide bonds. The largest absolute Gasteiger partial charge is 0.490 e. The second kappa shape index (κ2) is 4.05. The summed E-state index contributed by atoms with van der Waals surface area (Å²) in [5.41, 5.74) is 7.39. The van der Waals surface area contributed by atoms with E-state index in [9.17, 15) is 0 Å². The fourth-order valence-corrected chi connectivity index (χ4v) is 1.64. The Bertz CT molecular complexity index is 538. The van der Waals surface area contributed by atoms with Crippen LogP contribution in [-0.4, -0.2) is 16.1 Å². The second-order valence-electron chi connectivity index (χ2n) is 4.15. The lowest BCUT2D eigenvalue weighted by molar-refractivity contribution is 0.303. The lowest BCUT2D eigenvalue weighted by Crippen LogP contribution is -1.97. The third-order valence-electron chi connectivity index (χ3n) is 2.63. The van der Waals surface area contributed by atoms with Crippen LogP contribution in [0.15, 0.2) is 36.5 Å². The first-order chi connectivity index (χ1) is 8.31. The van der Waals surface area contributed by atoms with Crippen LogP contribution in [0, 0.1) is 0 Å². The minimum atomic E-state index is 0.288. The van der Waals surface area contributed by atoms with Crippen molar-refractivity contribution in [3.8, 4) is 17.0 Å². The highest BCUT2D eigenvalue weighted by atomic mass is 16.5. The topological polar surface area (TPSA) is 61.0 Å². The van der Waals surface area contributed by atoms with Gasteiger partial charge in [-0.05, 0) is 31.0 Å². The highest BCUT2D eigenvalue weighted by Gasteiger charge is 2.23. The van der Waals surface area contributed by atoms with Crippen LogP contribution in [0.1, 0.15) is 12.8 Å². The predicted octanol–water partition coefficient (Wildman–Crippen LogP) is 2.27. The molecule has 0 unspecified atom stereocenters. The van der Waals surface area contributed by atoms with E-state index in [2.05, 4.69) is 9.97 Å². The summed E-state index contributed by atoms with van der Waals surface area (Å²) in [7, 11) is 0. The summed E-state index contributed by atoms with van der Waals surface area (Å²) in [6, 6.07) is 9.74. The summed E-state index contributed by atoms with van der Waals surface area (Å²) in [5.74, 6) is 1.18. The minimum absolute atomic E-state index is 0.288. The Kier molecular flexibility index (Phi) is 2.40. The third kappa shape index (κ3) is 2.36. The summed E-state index contributed by atoms with van der Waals surface area (Å²) >= 11 is 0. The quantitative estimate of drug-likeness (QED) is 0.873. The van der Waals surface area contributed by atoms with Crippen molar-refractivity contribution in [2.24, 2.45) is 0 Å². The number of nitrogens with zero attached hydrogens (tertiary/aromatic N) is 2.